The zero-order valence-corrected chi connectivity index (χ0v) is 24.3. The Labute approximate surface area is 251 Å². The minimum absolute atomic E-state index is 0. The van der Waals surface area contributed by atoms with Crippen LogP contribution in [-0.2, 0) is 33.8 Å². The van der Waals surface area contributed by atoms with E-state index < -0.39 is 17.6 Å². The summed E-state index contributed by atoms with van der Waals surface area (Å²) in [6.07, 6.45) is 5.45. The second kappa shape index (κ2) is 13.4. The molecule has 0 spiro atoms. The van der Waals surface area contributed by atoms with Crippen molar-refractivity contribution in [1.82, 2.24) is 16.0 Å². The minimum Gasteiger partial charge on any atom is -0.480 e. The Morgan fingerprint density at radius 1 is 0.952 bits per heavy atom. The number of aliphatic carboxylic acids is 1. The first-order chi connectivity index (χ1) is 19.7. The summed E-state index contributed by atoms with van der Waals surface area (Å²) in [4.78, 5) is 39.3. The molecule has 0 bridgehead atoms. The van der Waals surface area contributed by atoms with E-state index in [-0.39, 0.29) is 49.1 Å². The quantitative estimate of drug-likeness (QED) is 0.157. The molecule has 2 aliphatic rings. The Morgan fingerprint density at radius 3 is 2.10 bits per heavy atom. The lowest BCUT2D eigenvalue weighted by Gasteiger charge is -2.35. The zero-order valence-electron chi connectivity index (χ0n) is 23.4. The average molecular weight is 592 g/mol. The van der Waals surface area contributed by atoms with Crippen molar-refractivity contribution in [2.24, 2.45) is 11.7 Å². The fraction of sp³-hybridized carbons (Fsp3) is 0.375. The molecule has 0 unspecified atom stereocenters. The highest BCUT2D eigenvalue weighted by Gasteiger charge is 2.46. The number of carbonyl (C=O) groups excluding carboxylic acids is 2. The number of rotatable bonds is 10. The van der Waals surface area contributed by atoms with Gasteiger partial charge in [0, 0.05) is 24.9 Å². The molecule has 0 saturated heterocycles. The Bertz CT molecular complexity index is 1430. The van der Waals surface area contributed by atoms with Gasteiger partial charge in [-0.1, -0.05) is 79.9 Å². The van der Waals surface area contributed by atoms with E-state index >= 15 is 0 Å². The average Bonchev–Trinajstić information content (AvgIpc) is 3.33. The lowest BCUT2D eigenvalue weighted by atomic mass is 9.82. The Hall–Kier alpha value is -3.95. The minimum atomic E-state index is -1.21. The number of fused-ring (bicyclic) bond motifs is 2. The van der Waals surface area contributed by atoms with Crippen molar-refractivity contribution in [1.29, 1.82) is 5.41 Å². The molecule has 0 aromatic heterocycles. The molecule has 1 saturated carbocycles. The zero-order chi connectivity index (χ0) is 29.0. The van der Waals surface area contributed by atoms with Crippen LogP contribution in [0.3, 0.4) is 0 Å². The number of carboxylic acid groups (broad SMARTS) is 1. The van der Waals surface area contributed by atoms with Gasteiger partial charge in [-0.3, -0.25) is 25.1 Å². The molecule has 222 valence electrons. The lowest BCUT2D eigenvalue weighted by molar-refractivity contribution is -0.138. The predicted molar refractivity (Wildman–Crippen MR) is 165 cm³/mol. The molecule has 7 N–H and O–H groups in total. The predicted octanol–water partition coefficient (Wildman–Crippen LogP) is 3.44. The third-order valence-corrected chi connectivity index (χ3v) is 8.44. The van der Waals surface area contributed by atoms with Crippen molar-refractivity contribution >= 4 is 46.8 Å². The second-order valence-electron chi connectivity index (χ2n) is 11.3. The van der Waals surface area contributed by atoms with Gasteiger partial charge in [-0.15, -0.1) is 12.4 Å². The van der Waals surface area contributed by atoms with Gasteiger partial charge in [-0.05, 0) is 46.2 Å². The van der Waals surface area contributed by atoms with Crippen LogP contribution in [0.4, 0.5) is 0 Å². The molecule has 3 aromatic carbocycles. The molecule has 2 amide bonds. The van der Waals surface area contributed by atoms with E-state index in [2.05, 4.69) is 28.1 Å². The largest absolute Gasteiger partial charge is 0.480 e. The van der Waals surface area contributed by atoms with E-state index in [0.717, 1.165) is 59.6 Å². The number of benzene rings is 3. The number of carboxylic acids is 1. The summed E-state index contributed by atoms with van der Waals surface area (Å²) in [6, 6.07) is 18.6. The smallest absolute Gasteiger partial charge is 0.317 e. The molecular weight excluding hydrogens is 554 g/mol. The van der Waals surface area contributed by atoms with Crippen LogP contribution >= 0.6 is 12.4 Å². The maximum absolute atomic E-state index is 14.0. The van der Waals surface area contributed by atoms with Crippen molar-refractivity contribution in [2.75, 3.05) is 6.54 Å². The molecular formula is C32H38ClN5O4. The van der Waals surface area contributed by atoms with Crippen molar-refractivity contribution in [2.45, 2.75) is 63.1 Å². The van der Waals surface area contributed by atoms with Crippen LogP contribution in [0.1, 0.15) is 54.4 Å². The van der Waals surface area contributed by atoms with Crippen LogP contribution in [0.5, 0.6) is 0 Å². The van der Waals surface area contributed by atoms with Gasteiger partial charge in [0.1, 0.15) is 11.4 Å². The monoisotopic (exact) mass is 591 g/mol. The number of hydrogen-bond acceptors (Lipinski definition) is 5. The van der Waals surface area contributed by atoms with Crippen LogP contribution in [0.2, 0.25) is 0 Å². The summed E-state index contributed by atoms with van der Waals surface area (Å²) in [5, 5.41) is 28.2. The van der Waals surface area contributed by atoms with Gasteiger partial charge in [-0.2, -0.15) is 0 Å². The van der Waals surface area contributed by atoms with Gasteiger partial charge in [0.15, 0.2) is 0 Å². The Morgan fingerprint density at radius 2 is 1.55 bits per heavy atom. The van der Waals surface area contributed by atoms with Gasteiger partial charge in [0.25, 0.3) is 0 Å². The lowest BCUT2D eigenvalue weighted by Crippen LogP contribution is -2.63. The summed E-state index contributed by atoms with van der Waals surface area (Å²) in [6.45, 7) is -0.0774. The maximum atomic E-state index is 14.0. The summed E-state index contributed by atoms with van der Waals surface area (Å²) in [5.74, 6) is -1.67. The first kappa shape index (κ1) is 31.0. The third kappa shape index (κ3) is 6.91. The van der Waals surface area contributed by atoms with Gasteiger partial charge in [0.05, 0.1) is 12.6 Å². The number of halogens is 1. The van der Waals surface area contributed by atoms with E-state index in [1.165, 1.54) is 0 Å². The fourth-order valence-electron chi connectivity index (χ4n) is 6.29. The SMILES string of the molecule is Cl.N=C(N)c1ccc(CNC(=O)C2(NC(=O)[C@H](NCC(=O)O)C3CCCCC3)Cc3cc4ccccc4cc3C2)cc1. The Kier molecular flexibility index (Phi) is 9.85. The maximum Gasteiger partial charge on any atom is 0.317 e. The number of carbonyl (C=O) groups is 3. The summed E-state index contributed by atoms with van der Waals surface area (Å²) < 4.78 is 0. The third-order valence-electron chi connectivity index (χ3n) is 8.44. The van der Waals surface area contributed by atoms with Crippen LogP contribution < -0.4 is 21.7 Å². The van der Waals surface area contributed by atoms with Crippen molar-refractivity contribution in [3.05, 3.63) is 82.9 Å². The van der Waals surface area contributed by atoms with E-state index in [0.29, 0.717) is 18.4 Å². The first-order valence-electron chi connectivity index (χ1n) is 14.2. The highest BCUT2D eigenvalue weighted by Crippen LogP contribution is 2.35. The number of amidine groups is 1. The molecule has 9 nitrogen and oxygen atoms in total. The molecule has 0 heterocycles. The van der Waals surface area contributed by atoms with Crippen LogP contribution in [0, 0.1) is 11.3 Å². The van der Waals surface area contributed by atoms with Crippen molar-refractivity contribution in [3.8, 4) is 0 Å². The van der Waals surface area contributed by atoms with Crippen molar-refractivity contribution < 1.29 is 19.5 Å². The highest BCUT2D eigenvalue weighted by atomic mass is 35.5. The summed E-state index contributed by atoms with van der Waals surface area (Å²) in [5.41, 5.74) is 7.82. The summed E-state index contributed by atoms with van der Waals surface area (Å²) in [7, 11) is 0. The van der Waals surface area contributed by atoms with Crippen LogP contribution in [0.15, 0.2) is 60.7 Å². The number of hydrogen-bond donors (Lipinski definition) is 6. The molecule has 10 heteroatoms. The highest BCUT2D eigenvalue weighted by molar-refractivity contribution is 5.96. The van der Waals surface area contributed by atoms with Gasteiger partial charge in [-0.25, -0.2) is 0 Å². The number of amides is 2. The molecule has 1 atom stereocenters. The second-order valence-corrected chi connectivity index (χ2v) is 11.3. The molecule has 42 heavy (non-hydrogen) atoms. The van der Waals surface area contributed by atoms with E-state index in [1.54, 1.807) is 12.1 Å². The normalized spacial score (nSPS) is 16.6. The van der Waals surface area contributed by atoms with E-state index in [9.17, 15) is 19.5 Å². The van der Waals surface area contributed by atoms with Crippen LogP contribution in [0.25, 0.3) is 10.8 Å². The molecule has 3 aromatic rings. The molecule has 0 aliphatic heterocycles. The molecule has 1 fully saturated rings. The van der Waals surface area contributed by atoms with E-state index in [1.807, 2.05) is 36.4 Å². The number of nitrogen functional groups attached to an aromatic ring is 1. The van der Waals surface area contributed by atoms with Crippen molar-refractivity contribution in [3.63, 3.8) is 0 Å². The molecule has 0 radical (unpaired) electrons. The topological polar surface area (TPSA) is 157 Å². The Balaban J connectivity index is 0.00000405. The first-order valence-corrected chi connectivity index (χ1v) is 14.2. The van der Waals surface area contributed by atoms with Crippen LogP contribution in [-0.4, -0.2) is 46.9 Å². The van der Waals surface area contributed by atoms with Gasteiger partial charge < -0.3 is 21.5 Å². The van der Waals surface area contributed by atoms with E-state index in [4.69, 9.17) is 11.1 Å². The van der Waals surface area contributed by atoms with Gasteiger partial charge in [0.2, 0.25) is 11.8 Å². The number of nitrogens with two attached hydrogens (primary N) is 1. The molecule has 5 rings (SSSR count). The number of nitrogens with one attached hydrogen (secondary N) is 4. The standard InChI is InChI=1S/C32H37N5O4.ClH/c33-29(34)22-12-10-20(11-13-22)18-36-31(41)32(16-25-14-23-8-4-5-9-24(23)15-26(25)17-32)37-30(40)28(35-19-27(38)39)21-6-2-1-3-7-21;/h4-5,8-15,21,28,35H,1-3,6-7,16-19H2,(H3,33,34)(H,36,41)(H,37,40)(H,38,39);1H/t28-;/m1./s1. The van der Waals surface area contributed by atoms with Gasteiger partial charge >= 0.3 is 5.97 Å². The fourth-order valence-corrected chi connectivity index (χ4v) is 6.29. The molecule has 2 aliphatic carbocycles. The summed E-state index contributed by atoms with van der Waals surface area (Å²) >= 11 is 0.